The minimum Gasteiger partial charge on any atom is -1.00 e. The van der Waals surface area contributed by atoms with Gasteiger partial charge in [-0.15, -0.1) is 0 Å². The van der Waals surface area contributed by atoms with E-state index < -0.39 is 0 Å². The Hall–Kier alpha value is -2.57. The smallest absolute Gasteiger partial charge is 0.161 e. The van der Waals surface area contributed by atoms with Gasteiger partial charge in [0.25, 0.3) is 0 Å². The van der Waals surface area contributed by atoms with E-state index in [9.17, 15) is 5.11 Å². The van der Waals surface area contributed by atoms with Crippen LogP contribution in [0.5, 0.6) is 11.5 Å². The molecule has 0 aromatic heterocycles. The number of fused-ring (bicyclic) bond motifs is 4. The Kier molecular flexibility index (Phi) is 9.28. The second-order valence-electron chi connectivity index (χ2n) is 11.2. The molecule has 0 saturated heterocycles. The quantitative estimate of drug-likeness (QED) is 0.390. The highest BCUT2D eigenvalue weighted by atomic mass is 35.5. The van der Waals surface area contributed by atoms with Gasteiger partial charge in [0.15, 0.2) is 11.5 Å². The van der Waals surface area contributed by atoms with Crippen LogP contribution in [-0.4, -0.2) is 44.2 Å². The first-order valence-corrected chi connectivity index (χ1v) is 13.9. The third-order valence-corrected chi connectivity index (χ3v) is 9.62. The monoisotopic (exact) mass is 551 g/mol. The Morgan fingerprint density at radius 3 is 2.21 bits per heavy atom. The maximum atomic E-state index is 11.5. The molecule has 0 amide bonds. The Morgan fingerprint density at radius 2 is 1.56 bits per heavy atom. The summed E-state index contributed by atoms with van der Waals surface area (Å²) in [6, 6.07) is 26.5. The van der Waals surface area contributed by atoms with Gasteiger partial charge in [-0.05, 0) is 61.3 Å². The van der Waals surface area contributed by atoms with Gasteiger partial charge in [0.1, 0.15) is 12.6 Å². The maximum absolute atomic E-state index is 11.5. The lowest BCUT2D eigenvalue weighted by Gasteiger charge is -2.34. The van der Waals surface area contributed by atoms with Crippen molar-refractivity contribution in [2.75, 3.05) is 27.9 Å². The maximum Gasteiger partial charge on any atom is 0.161 e. The zero-order valence-corrected chi connectivity index (χ0v) is 24.2. The van der Waals surface area contributed by atoms with E-state index in [4.69, 9.17) is 14.6 Å². The van der Waals surface area contributed by atoms with Crippen molar-refractivity contribution in [3.63, 3.8) is 0 Å². The van der Waals surface area contributed by atoms with Crippen LogP contribution >= 0.6 is 0 Å². The second kappa shape index (κ2) is 12.3. The summed E-state index contributed by atoms with van der Waals surface area (Å²) >= 11 is 0. The summed E-state index contributed by atoms with van der Waals surface area (Å²) in [5, 5.41) is 18.5. The Balaban J connectivity index is 0.00000115. The van der Waals surface area contributed by atoms with Crippen LogP contribution in [0.25, 0.3) is 0 Å². The van der Waals surface area contributed by atoms with Gasteiger partial charge in [-0.1, -0.05) is 60.7 Å². The predicted octanol–water partition coefficient (Wildman–Crippen LogP) is 0.973. The lowest BCUT2D eigenvalue weighted by molar-refractivity contribution is -0.945. The molecule has 3 aliphatic rings. The van der Waals surface area contributed by atoms with E-state index in [-0.39, 0.29) is 23.9 Å². The second-order valence-corrected chi connectivity index (χ2v) is 11.2. The number of hydrogen-bond donors (Lipinski definition) is 3. The van der Waals surface area contributed by atoms with E-state index >= 15 is 0 Å². The first kappa shape index (κ1) is 29.4. The summed E-state index contributed by atoms with van der Waals surface area (Å²) in [5.74, 6) is 3.42. The minimum absolute atomic E-state index is 0. The molecule has 39 heavy (non-hydrogen) atoms. The molecule has 3 aromatic carbocycles. The summed E-state index contributed by atoms with van der Waals surface area (Å²) in [5.41, 5.74) is 5.18. The van der Waals surface area contributed by atoms with Crippen LogP contribution in [0.1, 0.15) is 48.1 Å². The first-order chi connectivity index (χ1) is 18.6. The number of hydrogen-bond acceptors (Lipinski definition) is 4. The molecule has 2 saturated carbocycles. The molecule has 2 fully saturated rings. The van der Waals surface area contributed by atoms with E-state index in [2.05, 4.69) is 79.7 Å². The van der Waals surface area contributed by atoms with Crippen LogP contribution in [-0.2, 0) is 18.4 Å². The van der Waals surface area contributed by atoms with Gasteiger partial charge >= 0.3 is 0 Å². The third-order valence-electron chi connectivity index (χ3n) is 9.62. The molecule has 0 heterocycles. The van der Waals surface area contributed by atoms with Crippen LogP contribution in [0, 0.1) is 17.8 Å². The molecule has 210 valence electrons. The molecule has 0 aliphatic heterocycles. The Morgan fingerprint density at radius 1 is 0.949 bits per heavy atom. The number of benzene rings is 3. The van der Waals surface area contributed by atoms with Crippen LogP contribution < -0.4 is 26.8 Å². The van der Waals surface area contributed by atoms with Gasteiger partial charge in [0, 0.05) is 29.6 Å². The molecule has 1 spiro atoms. The van der Waals surface area contributed by atoms with Crippen LogP contribution in [0.4, 0.5) is 0 Å². The van der Waals surface area contributed by atoms with E-state index in [1.165, 1.54) is 28.7 Å². The lowest BCUT2D eigenvalue weighted by Crippen LogP contribution is -3.11. The fourth-order valence-electron chi connectivity index (χ4n) is 7.79. The zero-order valence-electron chi connectivity index (χ0n) is 23.4. The SMILES string of the molecule is CO.COc1cc2c(cc1OC)[C@]1(CC[C@H]3[C@H](C[NH+](Cc4ccccc4)[C@H](C)c4ccccc4)[C@H]31)[C@H](O)C2.[Cl-]. The average Bonchev–Trinajstić information content (AvgIpc) is 3.38. The summed E-state index contributed by atoms with van der Waals surface area (Å²) in [4.78, 5) is 1.61. The van der Waals surface area contributed by atoms with Gasteiger partial charge < -0.3 is 37.0 Å². The van der Waals surface area contributed by atoms with Crippen molar-refractivity contribution >= 4 is 0 Å². The molecule has 3 aromatic rings. The molecular formula is C33H42ClNO4. The van der Waals surface area contributed by atoms with Gasteiger partial charge in [-0.25, -0.2) is 0 Å². The van der Waals surface area contributed by atoms with Gasteiger partial charge in [0.05, 0.1) is 26.9 Å². The highest BCUT2D eigenvalue weighted by Crippen LogP contribution is 2.70. The standard InChI is InChI=1S/C32H37NO3.CH4O.ClH/c1-21(23-12-8-5-9-13-23)33(19-22-10-6-4-7-11-22)20-26-25-14-15-32(31(25)26)27-18-29(36-3)28(35-2)16-24(27)17-30(32)34;1-2;/h4-13,16,18,21,25-26,30-31,34H,14-15,17,19-20H2,1-3H3;2H,1H3;1H/t21-,25+,26+,30-,31+,32-;;/m1../s1. The highest BCUT2D eigenvalue weighted by Gasteiger charge is 2.70. The van der Waals surface area contributed by atoms with E-state index in [1.807, 2.05) is 0 Å². The number of aliphatic hydroxyl groups is 2. The number of nitrogens with one attached hydrogen (secondary N) is 1. The predicted molar refractivity (Wildman–Crippen MR) is 150 cm³/mol. The number of aliphatic hydroxyl groups excluding tert-OH is 2. The van der Waals surface area contributed by atoms with Crippen LogP contribution in [0.2, 0.25) is 0 Å². The molecule has 5 nitrogen and oxygen atoms in total. The summed E-state index contributed by atoms with van der Waals surface area (Å²) < 4.78 is 11.2. The Labute approximate surface area is 239 Å². The lowest BCUT2D eigenvalue weighted by atomic mass is 9.74. The number of halogens is 1. The number of quaternary nitrogens is 1. The Bertz CT molecular complexity index is 1220. The molecule has 6 rings (SSSR count). The molecule has 0 radical (unpaired) electrons. The molecule has 3 aliphatic carbocycles. The van der Waals surface area contributed by atoms with Crippen molar-refractivity contribution in [1.82, 2.24) is 0 Å². The molecule has 0 bridgehead atoms. The van der Waals surface area contributed by atoms with Crippen LogP contribution in [0.15, 0.2) is 72.8 Å². The van der Waals surface area contributed by atoms with Crippen molar-refractivity contribution in [3.8, 4) is 11.5 Å². The van der Waals surface area contributed by atoms with E-state index in [1.54, 1.807) is 19.1 Å². The minimum atomic E-state index is -0.326. The normalized spacial score (nSPS) is 27.3. The summed E-state index contributed by atoms with van der Waals surface area (Å²) in [7, 11) is 4.39. The van der Waals surface area contributed by atoms with Gasteiger partial charge in [-0.3, -0.25) is 0 Å². The highest BCUT2D eigenvalue weighted by molar-refractivity contribution is 5.55. The summed E-state index contributed by atoms with van der Waals surface area (Å²) in [6.45, 7) is 4.53. The molecule has 7 atom stereocenters. The third kappa shape index (κ3) is 5.18. The molecule has 6 heteroatoms. The number of ether oxygens (including phenoxy) is 2. The van der Waals surface area contributed by atoms with E-state index in [0.29, 0.717) is 30.2 Å². The topological polar surface area (TPSA) is 63.4 Å². The summed E-state index contributed by atoms with van der Waals surface area (Å²) in [6.07, 6.45) is 2.67. The van der Waals surface area contributed by atoms with Crippen molar-refractivity contribution in [2.45, 2.75) is 50.3 Å². The zero-order chi connectivity index (χ0) is 26.9. The van der Waals surface area contributed by atoms with Crippen molar-refractivity contribution in [1.29, 1.82) is 0 Å². The molecule has 1 unspecified atom stereocenters. The number of rotatable bonds is 8. The molecule has 3 N–H and O–H groups in total. The van der Waals surface area contributed by atoms with Crippen molar-refractivity contribution in [2.24, 2.45) is 17.8 Å². The largest absolute Gasteiger partial charge is 1.00 e. The van der Waals surface area contributed by atoms with Gasteiger partial charge in [-0.2, -0.15) is 0 Å². The number of methoxy groups -OCH3 is 2. The molecular weight excluding hydrogens is 510 g/mol. The van der Waals surface area contributed by atoms with Crippen molar-refractivity contribution in [3.05, 3.63) is 95.1 Å². The average molecular weight is 552 g/mol. The fraction of sp³-hybridized carbons (Fsp3) is 0.455. The van der Waals surface area contributed by atoms with Crippen molar-refractivity contribution < 1.29 is 37.0 Å². The van der Waals surface area contributed by atoms with Gasteiger partial charge in [0.2, 0.25) is 0 Å². The van der Waals surface area contributed by atoms with Crippen LogP contribution in [0.3, 0.4) is 0 Å². The first-order valence-electron chi connectivity index (χ1n) is 13.9. The van der Waals surface area contributed by atoms with E-state index in [0.717, 1.165) is 38.1 Å². The fourth-order valence-corrected chi connectivity index (χ4v) is 7.79.